The van der Waals surface area contributed by atoms with Gasteiger partial charge in [-0.25, -0.2) is 0 Å². The van der Waals surface area contributed by atoms with Crippen molar-refractivity contribution in [1.29, 1.82) is 0 Å². The first-order valence-corrected chi connectivity index (χ1v) is 12.9. The first-order valence-electron chi connectivity index (χ1n) is 12.9. The minimum atomic E-state index is -1.07. The Kier molecular flexibility index (Phi) is 8.07. The minimum absolute atomic E-state index is 0.188. The molecule has 0 radical (unpaired) electrons. The molecule has 3 aromatic carbocycles. The van der Waals surface area contributed by atoms with E-state index < -0.39 is 11.6 Å². The Balaban J connectivity index is 1.77. The summed E-state index contributed by atoms with van der Waals surface area (Å²) >= 11 is 0. The Morgan fingerprint density at radius 2 is 1.30 bits per heavy atom. The molecule has 1 aliphatic rings. The summed E-state index contributed by atoms with van der Waals surface area (Å²) in [5.74, 6) is -0.776. The zero-order valence-corrected chi connectivity index (χ0v) is 21.7. The topological polar surface area (TPSA) is 78.5 Å². The van der Waals surface area contributed by atoms with Gasteiger partial charge in [-0.05, 0) is 49.9 Å². The third-order valence-corrected chi connectivity index (χ3v) is 7.13. The number of nitrogens with zero attached hydrogens (tertiary/aromatic N) is 1. The summed E-state index contributed by atoms with van der Waals surface area (Å²) in [5, 5.41) is 6.02. The smallest absolute Gasteiger partial charge is 0.250 e. The van der Waals surface area contributed by atoms with Crippen molar-refractivity contribution < 1.29 is 14.4 Å². The number of nitrogens with one attached hydrogen (secondary N) is 2. The second-order valence-electron chi connectivity index (χ2n) is 9.90. The van der Waals surface area contributed by atoms with Crippen LogP contribution in [0.25, 0.3) is 0 Å². The van der Waals surface area contributed by atoms with Gasteiger partial charge in [0.25, 0.3) is 0 Å². The minimum Gasteiger partial charge on any atom is -0.345 e. The second kappa shape index (κ2) is 11.4. The molecular weight excluding hydrogens is 462 g/mol. The van der Waals surface area contributed by atoms with E-state index in [4.69, 9.17) is 0 Å². The zero-order chi connectivity index (χ0) is 26.4. The molecule has 37 heavy (non-hydrogen) atoms. The zero-order valence-electron chi connectivity index (χ0n) is 21.7. The van der Waals surface area contributed by atoms with E-state index in [1.54, 1.807) is 11.8 Å². The summed E-state index contributed by atoms with van der Waals surface area (Å²) in [5.41, 5.74) is 2.58. The molecule has 0 spiro atoms. The lowest BCUT2D eigenvalue weighted by molar-refractivity contribution is -0.132. The van der Waals surface area contributed by atoms with Gasteiger partial charge in [0.1, 0.15) is 11.6 Å². The summed E-state index contributed by atoms with van der Waals surface area (Å²) in [4.78, 5) is 41.7. The van der Waals surface area contributed by atoms with E-state index in [0.29, 0.717) is 18.5 Å². The lowest BCUT2D eigenvalue weighted by atomic mass is 9.89. The molecule has 0 saturated heterocycles. The number of anilines is 1. The van der Waals surface area contributed by atoms with E-state index >= 15 is 0 Å². The summed E-state index contributed by atoms with van der Waals surface area (Å²) in [6.07, 6.45) is 2.75. The highest BCUT2D eigenvalue weighted by Crippen LogP contribution is 2.40. The summed E-state index contributed by atoms with van der Waals surface area (Å²) in [6, 6.07) is 26.2. The predicted octanol–water partition coefficient (Wildman–Crippen LogP) is 5.07. The van der Waals surface area contributed by atoms with Gasteiger partial charge in [-0.15, -0.1) is 0 Å². The normalized spacial score (nSPS) is 15.1. The van der Waals surface area contributed by atoms with Crippen LogP contribution in [-0.4, -0.2) is 29.3 Å². The Hall–Kier alpha value is -3.93. The van der Waals surface area contributed by atoms with Crippen LogP contribution in [0, 0.1) is 6.92 Å². The van der Waals surface area contributed by atoms with Crippen LogP contribution in [-0.2, 0) is 14.4 Å². The number of hydrogen-bond donors (Lipinski definition) is 2. The van der Waals surface area contributed by atoms with Gasteiger partial charge in [0, 0.05) is 12.6 Å². The lowest BCUT2D eigenvalue weighted by Gasteiger charge is -2.42. The van der Waals surface area contributed by atoms with Crippen LogP contribution in [0.2, 0.25) is 0 Å². The van der Waals surface area contributed by atoms with Gasteiger partial charge in [-0.2, -0.15) is 0 Å². The number of benzene rings is 3. The number of hydrogen-bond acceptors (Lipinski definition) is 3. The molecule has 0 aromatic heterocycles. The van der Waals surface area contributed by atoms with Gasteiger partial charge in [-0.3, -0.25) is 19.3 Å². The van der Waals surface area contributed by atoms with Crippen LogP contribution in [0.3, 0.4) is 0 Å². The number of amides is 3. The number of carbonyl (C=O) groups is 3. The Morgan fingerprint density at radius 1 is 0.784 bits per heavy atom. The van der Waals surface area contributed by atoms with Gasteiger partial charge in [0.15, 0.2) is 0 Å². The number of carbonyl (C=O) groups excluding carboxylic acids is 3. The van der Waals surface area contributed by atoms with Crippen molar-refractivity contribution in [2.75, 3.05) is 4.90 Å². The van der Waals surface area contributed by atoms with Crippen LogP contribution in [0.5, 0.6) is 0 Å². The molecule has 0 unspecified atom stereocenters. The Bertz CT molecular complexity index is 1180. The van der Waals surface area contributed by atoms with E-state index in [1.807, 2.05) is 91.9 Å². The summed E-state index contributed by atoms with van der Waals surface area (Å²) < 4.78 is 0. The molecule has 1 aliphatic carbocycles. The van der Waals surface area contributed by atoms with Crippen molar-refractivity contribution in [3.05, 3.63) is 102 Å². The fourth-order valence-corrected chi connectivity index (χ4v) is 5.27. The standard InChI is InChI=1S/C31H35N3O3/c1-22-16-18-27(19-17-22)34(29(36)23(2)32-24(3)35)31(20-10-11-21-31)30(37)33-28(25-12-6-4-7-13-25)26-14-8-5-9-15-26/h4-9,12-19,23,28H,10-11,20-21H2,1-3H3,(H,32,35)(H,33,37)/t23-/m0/s1. The maximum atomic E-state index is 14.4. The van der Waals surface area contributed by atoms with E-state index in [2.05, 4.69) is 10.6 Å². The van der Waals surface area contributed by atoms with Gasteiger partial charge < -0.3 is 10.6 Å². The molecule has 3 aromatic rings. The summed E-state index contributed by atoms with van der Waals surface area (Å²) in [6.45, 7) is 5.04. The van der Waals surface area contributed by atoms with Crippen LogP contribution < -0.4 is 15.5 Å². The van der Waals surface area contributed by atoms with Crippen molar-refractivity contribution in [1.82, 2.24) is 10.6 Å². The number of aryl methyl sites for hydroxylation is 1. The quantitative estimate of drug-likeness (QED) is 0.456. The largest absolute Gasteiger partial charge is 0.345 e. The van der Waals surface area contributed by atoms with Crippen molar-refractivity contribution in [3.63, 3.8) is 0 Å². The van der Waals surface area contributed by atoms with Gasteiger partial charge in [0.05, 0.1) is 6.04 Å². The highest BCUT2D eigenvalue weighted by atomic mass is 16.2. The van der Waals surface area contributed by atoms with Crippen LogP contribution >= 0.6 is 0 Å². The van der Waals surface area contributed by atoms with Crippen LogP contribution in [0.1, 0.15) is 62.3 Å². The SMILES string of the molecule is CC(=O)N[C@@H](C)C(=O)N(c1ccc(C)cc1)C1(C(=O)NC(c2ccccc2)c2ccccc2)CCCC1. The van der Waals surface area contributed by atoms with Crippen molar-refractivity contribution in [2.45, 2.75) is 64.1 Å². The highest BCUT2D eigenvalue weighted by molar-refractivity contribution is 6.06. The first-order chi connectivity index (χ1) is 17.8. The predicted molar refractivity (Wildman–Crippen MR) is 146 cm³/mol. The molecule has 0 bridgehead atoms. The molecule has 4 rings (SSSR count). The van der Waals surface area contributed by atoms with E-state index in [9.17, 15) is 14.4 Å². The highest BCUT2D eigenvalue weighted by Gasteiger charge is 2.50. The van der Waals surface area contributed by atoms with Crippen molar-refractivity contribution in [3.8, 4) is 0 Å². The molecule has 3 amide bonds. The average molecular weight is 498 g/mol. The van der Waals surface area contributed by atoms with Crippen molar-refractivity contribution >= 4 is 23.4 Å². The van der Waals surface area contributed by atoms with Gasteiger partial charge >= 0.3 is 0 Å². The molecule has 0 aliphatic heterocycles. The Morgan fingerprint density at radius 3 is 1.78 bits per heavy atom. The molecular formula is C31H35N3O3. The van der Waals surface area contributed by atoms with Gasteiger partial charge in [0.2, 0.25) is 17.7 Å². The van der Waals surface area contributed by atoms with Crippen LogP contribution in [0.15, 0.2) is 84.9 Å². The maximum Gasteiger partial charge on any atom is 0.250 e. The Labute approximate surface area is 219 Å². The molecule has 1 fully saturated rings. The second-order valence-corrected chi connectivity index (χ2v) is 9.90. The van der Waals surface area contributed by atoms with Gasteiger partial charge in [-0.1, -0.05) is 91.2 Å². The fourth-order valence-electron chi connectivity index (χ4n) is 5.27. The molecule has 1 saturated carbocycles. The maximum absolute atomic E-state index is 14.4. The first kappa shape index (κ1) is 26.1. The molecule has 0 heterocycles. The fraction of sp³-hybridized carbons (Fsp3) is 0.323. The molecule has 6 heteroatoms. The number of rotatable bonds is 8. The lowest BCUT2D eigenvalue weighted by Crippen LogP contribution is -2.63. The third-order valence-electron chi connectivity index (χ3n) is 7.13. The molecule has 1 atom stereocenters. The average Bonchev–Trinajstić information content (AvgIpc) is 3.40. The van der Waals surface area contributed by atoms with E-state index in [-0.39, 0.29) is 23.8 Å². The van der Waals surface area contributed by atoms with Crippen molar-refractivity contribution in [2.24, 2.45) is 0 Å². The monoisotopic (exact) mass is 497 g/mol. The van der Waals surface area contributed by atoms with E-state index in [1.165, 1.54) is 6.92 Å². The molecule has 2 N–H and O–H groups in total. The molecule has 6 nitrogen and oxygen atoms in total. The van der Waals surface area contributed by atoms with Crippen LogP contribution in [0.4, 0.5) is 5.69 Å². The summed E-state index contributed by atoms with van der Waals surface area (Å²) in [7, 11) is 0. The molecule has 192 valence electrons. The third kappa shape index (κ3) is 5.74. The van der Waals surface area contributed by atoms with E-state index in [0.717, 1.165) is 29.5 Å².